The van der Waals surface area contributed by atoms with Gasteiger partial charge in [0, 0.05) is 25.4 Å². The molecular weight excluding hydrogens is 356 g/mol. The summed E-state index contributed by atoms with van der Waals surface area (Å²) in [6, 6.07) is 3.27. The number of rotatable bonds is 3. The zero-order valence-corrected chi connectivity index (χ0v) is 13.7. The molecule has 1 aliphatic heterocycles. The zero-order chi connectivity index (χ0) is 16.4. The Morgan fingerprint density at radius 3 is 2.48 bits per heavy atom. The highest BCUT2D eigenvalue weighted by molar-refractivity contribution is 6.31. The van der Waals surface area contributed by atoms with Gasteiger partial charge in [-0.1, -0.05) is 11.6 Å². The number of nitrogens with two attached hydrogens (primary N) is 1. The Bertz CT molecular complexity index is 561. The van der Waals surface area contributed by atoms with E-state index in [-0.39, 0.29) is 24.6 Å². The fourth-order valence-corrected chi connectivity index (χ4v) is 2.59. The summed E-state index contributed by atoms with van der Waals surface area (Å²) in [6.45, 7) is 0.917. The number of anilines is 1. The molecule has 0 unspecified atom stereocenters. The van der Waals surface area contributed by atoms with Crippen molar-refractivity contribution in [1.29, 1.82) is 0 Å². The zero-order valence-electron chi connectivity index (χ0n) is 12.1. The Morgan fingerprint density at radius 1 is 1.35 bits per heavy atom. The van der Waals surface area contributed by atoms with Gasteiger partial charge in [0.1, 0.15) is 0 Å². The van der Waals surface area contributed by atoms with Gasteiger partial charge in [-0.2, -0.15) is 13.2 Å². The molecule has 1 saturated heterocycles. The smallest absolute Gasteiger partial charge is 0.381 e. The third kappa shape index (κ3) is 4.50. The average Bonchev–Trinajstić information content (AvgIpc) is 2.48. The Labute approximate surface area is 142 Å². The van der Waals surface area contributed by atoms with Crippen LogP contribution in [0.5, 0.6) is 0 Å². The van der Waals surface area contributed by atoms with E-state index in [2.05, 4.69) is 5.32 Å². The Morgan fingerprint density at radius 2 is 1.96 bits per heavy atom. The second-order valence-electron chi connectivity index (χ2n) is 5.24. The van der Waals surface area contributed by atoms with Gasteiger partial charge in [0.2, 0.25) is 5.91 Å². The first-order chi connectivity index (χ1) is 10.3. The maximum Gasteiger partial charge on any atom is 0.417 e. The first kappa shape index (κ1) is 20.0. The molecule has 4 nitrogen and oxygen atoms in total. The third-order valence-corrected chi connectivity index (χ3v) is 4.18. The summed E-state index contributed by atoms with van der Waals surface area (Å²) >= 11 is 5.55. The molecule has 3 N–H and O–H groups in total. The van der Waals surface area contributed by atoms with Crippen LogP contribution >= 0.6 is 24.0 Å². The minimum atomic E-state index is -4.58. The molecule has 130 valence electrons. The summed E-state index contributed by atoms with van der Waals surface area (Å²) in [4.78, 5) is 12.4. The van der Waals surface area contributed by atoms with Gasteiger partial charge >= 0.3 is 6.18 Å². The summed E-state index contributed by atoms with van der Waals surface area (Å²) < 4.78 is 43.7. The largest absolute Gasteiger partial charge is 0.417 e. The van der Waals surface area contributed by atoms with Crippen molar-refractivity contribution in [3.05, 3.63) is 28.8 Å². The van der Waals surface area contributed by atoms with Gasteiger partial charge in [0.25, 0.3) is 0 Å². The molecule has 0 bridgehead atoms. The number of alkyl halides is 3. The van der Waals surface area contributed by atoms with Crippen molar-refractivity contribution in [3.8, 4) is 0 Å². The molecular formula is C14H17Cl2F3N2O2. The van der Waals surface area contributed by atoms with Crippen LogP contribution in [0.15, 0.2) is 18.2 Å². The van der Waals surface area contributed by atoms with Gasteiger partial charge in [-0.15, -0.1) is 12.4 Å². The molecule has 1 amide bonds. The molecule has 0 spiro atoms. The molecule has 9 heteroatoms. The topological polar surface area (TPSA) is 64.4 Å². The molecule has 1 aliphatic rings. The van der Waals surface area contributed by atoms with Crippen molar-refractivity contribution in [2.24, 2.45) is 11.1 Å². The Kier molecular flexibility index (Phi) is 6.70. The third-order valence-electron chi connectivity index (χ3n) is 3.85. The van der Waals surface area contributed by atoms with Crippen LogP contribution < -0.4 is 11.1 Å². The van der Waals surface area contributed by atoms with Crippen molar-refractivity contribution in [2.75, 3.05) is 25.1 Å². The average molecular weight is 373 g/mol. The van der Waals surface area contributed by atoms with E-state index in [9.17, 15) is 18.0 Å². The van der Waals surface area contributed by atoms with Gasteiger partial charge in [-0.05, 0) is 31.0 Å². The molecule has 0 atom stereocenters. The fraction of sp³-hybridized carbons (Fsp3) is 0.500. The highest BCUT2D eigenvalue weighted by atomic mass is 35.5. The summed E-state index contributed by atoms with van der Waals surface area (Å²) in [5.41, 5.74) is 3.95. The standard InChI is InChI=1S/C14H16ClF3N2O2.ClH/c15-11-2-1-9(7-10(11)14(16,17)18)20-12(21)13(8-19)3-5-22-6-4-13;/h1-2,7H,3-6,8,19H2,(H,20,21);1H. The lowest BCUT2D eigenvalue weighted by atomic mass is 9.79. The van der Waals surface area contributed by atoms with E-state index in [0.717, 1.165) is 12.1 Å². The highest BCUT2D eigenvalue weighted by Crippen LogP contribution is 2.37. The normalized spacial score (nSPS) is 17.3. The van der Waals surface area contributed by atoms with Crippen molar-refractivity contribution < 1.29 is 22.7 Å². The number of nitrogens with one attached hydrogen (secondary N) is 1. The van der Waals surface area contributed by atoms with Crippen molar-refractivity contribution in [3.63, 3.8) is 0 Å². The van der Waals surface area contributed by atoms with Crippen LogP contribution in [0.3, 0.4) is 0 Å². The molecule has 1 aromatic rings. The van der Waals surface area contributed by atoms with E-state index in [0.29, 0.717) is 26.1 Å². The molecule has 23 heavy (non-hydrogen) atoms. The number of carbonyl (C=O) groups is 1. The lowest BCUT2D eigenvalue weighted by Gasteiger charge is -2.34. The molecule has 1 heterocycles. The lowest BCUT2D eigenvalue weighted by molar-refractivity contribution is -0.137. The number of hydrogen-bond donors (Lipinski definition) is 2. The maximum absolute atomic E-state index is 12.8. The van der Waals surface area contributed by atoms with E-state index in [1.165, 1.54) is 6.07 Å². The first-order valence-electron chi connectivity index (χ1n) is 6.74. The predicted octanol–water partition coefficient (Wildman–Crippen LogP) is 3.47. The number of ether oxygens (including phenoxy) is 1. The predicted molar refractivity (Wildman–Crippen MR) is 83.9 cm³/mol. The number of hydrogen-bond acceptors (Lipinski definition) is 3. The number of halogens is 5. The number of amides is 1. The van der Waals surface area contributed by atoms with Gasteiger partial charge in [0.15, 0.2) is 0 Å². The van der Waals surface area contributed by atoms with E-state index >= 15 is 0 Å². The monoisotopic (exact) mass is 372 g/mol. The van der Waals surface area contributed by atoms with Crippen LogP contribution in [0.4, 0.5) is 18.9 Å². The minimum Gasteiger partial charge on any atom is -0.381 e. The van der Waals surface area contributed by atoms with Crippen molar-refractivity contribution in [2.45, 2.75) is 19.0 Å². The summed E-state index contributed by atoms with van der Waals surface area (Å²) in [6.07, 6.45) is -3.70. The minimum absolute atomic E-state index is 0. The molecule has 0 aliphatic carbocycles. The van der Waals surface area contributed by atoms with E-state index in [1.54, 1.807) is 0 Å². The molecule has 2 rings (SSSR count). The lowest BCUT2D eigenvalue weighted by Crippen LogP contribution is -2.46. The van der Waals surface area contributed by atoms with Gasteiger partial charge in [-0.25, -0.2) is 0 Å². The Hall–Kier alpha value is -1.02. The SMILES string of the molecule is Cl.NCC1(C(=O)Nc2ccc(Cl)c(C(F)(F)F)c2)CCOCC1. The second kappa shape index (κ2) is 7.70. The van der Waals surface area contributed by atoms with E-state index < -0.39 is 28.1 Å². The molecule has 1 aromatic carbocycles. The molecule has 0 saturated carbocycles. The van der Waals surface area contributed by atoms with E-state index in [1.807, 2.05) is 0 Å². The molecule has 0 radical (unpaired) electrons. The first-order valence-corrected chi connectivity index (χ1v) is 7.12. The summed E-state index contributed by atoms with van der Waals surface area (Å²) in [5.74, 6) is -0.395. The quantitative estimate of drug-likeness (QED) is 0.853. The van der Waals surface area contributed by atoms with Crippen LogP contribution in [0.25, 0.3) is 0 Å². The summed E-state index contributed by atoms with van der Waals surface area (Å²) in [5, 5.41) is 2.10. The van der Waals surface area contributed by atoms with Gasteiger partial charge in [-0.3, -0.25) is 4.79 Å². The maximum atomic E-state index is 12.8. The van der Waals surface area contributed by atoms with Crippen molar-refractivity contribution in [1.82, 2.24) is 0 Å². The highest BCUT2D eigenvalue weighted by Gasteiger charge is 2.39. The van der Waals surface area contributed by atoms with E-state index in [4.69, 9.17) is 22.1 Å². The van der Waals surface area contributed by atoms with Crippen LogP contribution in [0.2, 0.25) is 5.02 Å². The van der Waals surface area contributed by atoms with Crippen molar-refractivity contribution >= 4 is 35.6 Å². The molecule has 0 aromatic heterocycles. The fourth-order valence-electron chi connectivity index (χ4n) is 2.37. The van der Waals surface area contributed by atoms with Crippen LogP contribution in [0.1, 0.15) is 18.4 Å². The van der Waals surface area contributed by atoms with Crippen LogP contribution in [-0.2, 0) is 15.7 Å². The second-order valence-corrected chi connectivity index (χ2v) is 5.65. The van der Waals surface area contributed by atoms with Crippen LogP contribution in [0, 0.1) is 5.41 Å². The Balaban J connectivity index is 0.00000264. The number of benzene rings is 1. The van der Waals surface area contributed by atoms with Gasteiger partial charge in [0.05, 0.1) is 16.0 Å². The summed E-state index contributed by atoms with van der Waals surface area (Å²) in [7, 11) is 0. The van der Waals surface area contributed by atoms with Crippen LogP contribution in [-0.4, -0.2) is 25.7 Å². The molecule has 1 fully saturated rings. The van der Waals surface area contributed by atoms with Gasteiger partial charge < -0.3 is 15.8 Å². The number of carbonyl (C=O) groups excluding carboxylic acids is 1.